The van der Waals surface area contributed by atoms with Gasteiger partial charge in [-0.25, -0.2) is 0 Å². The Balaban J connectivity index is 0. The second-order valence-corrected chi connectivity index (χ2v) is 6.28. The summed E-state index contributed by atoms with van der Waals surface area (Å²) in [5.74, 6) is 0. The molecule has 3 heteroatoms. The Labute approximate surface area is 139 Å². The van der Waals surface area contributed by atoms with Crippen LogP contribution >= 0.6 is 12.4 Å². The molecule has 0 aromatic heterocycles. The van der Waals surface area contributed by atoms with E-state index in [2.05, 4.69) is 12.2 Å². The molecule has 0 bridgehead atoms. The highest BCUT2D eigenvalue weighted by Crippen LogP contribution is 2.11. The third-order valence-electron chi connectivity index (χ3n) is 3.95. The van der Waals surface area contributed by atoms with Crippen LogP contribution in [0.5, 0.6) is 0 Å². The largest absolute Gasteiger partial charge is 0.393 e. The second kappa shape index (κ2) is 20.2. The molecule has 0 amide bonds. The third kappa shape index (κ3) is 22.6. The Morgan fingerprint density at radius 1 is 0.714 bits per heavy atom. The molecule has 0 radical (unpaired) electrons. The van der Waals surface area contributed by atoms with Crippen molar-refractivity contribution in [2.24, 2.45) is 0 Å². The summed E-state index contributed by atoms with van der Waals surface area (Å²) in [6.45, 7) is 6.20. The lowest BCUT2D eigenvalue weighted by atomic mass is 10.1. The zero-order valence-electron chi connectivity index (χ0n) is 14.5. The average Bonchev–Trinajstić information content (AvgIpc) is 2.43. The Hall–Kier alpha value is 0.210. The first-order valence-electron chi connectivity index (χ1n) is 9.16. The van der Waals surface area contributed by atoms with Gasteiger partial charge >= 0.3 is 0 Å². The molecule has 0 aromatic carbocycles. The molecule has 0 aromatic rings. The molecule has 0 spiro atoms. The number of unbranched alkanes of at least 4 members (excludes halogenated alkanes) is 11. The van der Waals surface area contributed by atoms with Gasteiger partial charge in [0.15, 0.2) is 0 Å². The number of rotatable bonds is 16. The fraction of sp³-hybridized carbons (Fsp3) is 1.00. The molecule has 0 aliphatic heterocycles. The zero-order chi connectivity index (χ0) is 14.9. The molecule has 0 heterocycles. The van der Waals surface area contributed by atoms with Crippen LogP contribution in [0.2, 0.25) is 0 Å². The van der Waals surface area contributed by atoms with Gasteiger partial charge in [0.05, 0.1) is 6.10 Å². The molecule has 21 heavy (non-hydrogen) atoms. The Morgan fingerprint density at radius 2 is 1.14 bits per heavy atom. The first kappa shape index (κ1) is 23.5. The molecule has 0 aliphatic carbocycles. The van der Waals surface area contributed by atoms with Crippen LogP contribution in [0.15, 0.2) is 0 Å². The Kier molecular flexibility index (Phi) is 22.6. The molecular formula is C18H40ClNO. The molecule has 1 unspecified atom stereocenters. The quantitative estimate of drug-likeness (QED) is 0.369. The summed E-state index contributed by atoms with van der Waals surface area (Å²) in [6.07, 6.45) is 17.6. The summed E-state index contributed by atoms with van der Waals surface area (Å²) < 4.78 is 0. The van der Waals surface area contributed by atoms with E-state index in [0.717, 1.165) is 19.5 Å². The van der Waals surface area contributed by atoms with Crippen LogP contribution in [-0.2, 0) is 0 Å². The summed E-state index contributed by atoms with van der Waals surface area (Å²) in [4.78, 5) is 0. The minimum absolute atomic E-state index is 0. The van der Waals surface area contributed by atoms with Gasteiger partial charge in [0, 0.05) is 0 Å². The molecule has 1 atom stereocenters. The normalized spacial score (nSPS) is 12.1. The van der Waals surface area contributed by atoms with Crippen molar-refractivity contribution < 1.29 is 5.11 Å². The summed E-state index contributed by atoms with van der Waals surface area (Å²) in [5.41, 5.74) is 0. The smallest absolute Gasteiger partial charge is 0.0524 e. The van der Waals surface area contributed by atoms with Crippen molar-refractivity contribution in [1.82, 2.24) is 5.32 Å². The minimum atomic E-state index is -0.163. The summed E-state index contributed by atoms with van der Waals surface area (Å²) in [6, 6.07) is 0. The van der Waals surface area contributed by atoms with Gasteiger partial charge in [0.2, 0.25) is 0 Å². The Bertz CT molecular complexity index is 177. The second-order valence-electron chi connectivity index (χ2n) is 6.28. The first-order chi connectivity index (χ1) is 9.77. The number of halogens is 1. The van der Waals surface area contributed by atoms with Crippen molar-refractivity contribution in [2.75, 3.05) is 13.1 Å². The fourth-order valence-corrected chi connectivity index (χ4v) is 2.53. The van der Waals surface area contributed by atoms with Crippen molar-refractivity contribution in [3.63, 3.8) is 0 Å². The van der Waals surface area contributed by atoms with Gasteiger partial charge in [-0.3, -0.25) is 0 Å². The highest BCUT2D eigenvalue weighted by atomic mass is 35.5. The van der Waals surface area contributed by atoms with Gasteiger partial charge in [-0.05, 0) is 32.9 Å². The average molecular weight is 322 g/mol. The maximum absolute atomic E-state index is 9.12. The van der Waals surface area contributed by atoms with Crippen LogP contribution in [0.4, 0.5) is 0 Å². The lowest BCUT2D eigenvalue weighted by Crippen LogP contribution is -2.20. The van der Waals surface area contributed by atoms with Gasteiger partial charge in [0.25, 0.3) is 0 Å². The molecule has 0 saturated carbocycles. The topological polar surface area (TPSA) is 32.3 Å². The van der Waals surface area contributed by atoms with Crippen LogP contribution in [0.3, 0.4) is 0 Å². The van der Waals surface area contributed by atoms with Crippen molar-refractivity contribution >= 4 is 12.4 Å². The highest BCUT2D eigenvalue weighted by molar-refractivity contribution is 5.85. The van der Waals surface area contributed by atoms with Gasteiger partial charge in [-0.2, -0.15) is 0 Å². The predicted octanol–water partition coefficient (Wildman–Crippen LogP) is 5.47. The van der Waals surface area contributed by atoms with E-state index in [9.17, 15) is 0 Å². The summed E-state index contributed by atoms with van der Waals surface area (Å²) in [7, 11) is 0. The Morgan fingerprint density at radius 3 is 1.57 bits per heavy atom. The number of aliphatic hydroxyl groups is 1. The van der Waals surface area contributed by atoms with E-state index in [4.69, 9.17) is 5.11 Å². The van der Waals surface area contributed by atoms with E-state index in [1.54, 1.807) is 0 Å². The third-order valence-corrected chi connectivity index (χ3v) is 3.95. The molecule has 0 aliphatic rings. The van der Waals surface area contributed by atoms with Crippen molar-refractivity contribution in [2.45, 2.75) is 103 Å². The van der Waals surface area contributed by atoms with E-state index >= 15 is 0 Å². The lowest BCUT2D eigenvalue weighted by molar-refractivity contribution is 0.184. The minimum Gasteiger partial charge on any atom is -0.393 e. The van der Waals surface area contributed by atoms with E-state index in [0.29, 0.717) is 0 Å². The molecule has 2 nitrogen and oxygen atoms in total. The number of hydrogen-bond donors (Lipinski definition) is 2. The monoisotopic (exact) mass is 321 g/mol. The van der Waals surface area contributed by atoms with E-state index in [1.165, 1.54) is 77.0 Å². The maximum atomic E-state index is 9.12. The summed E-state index contributed by atoms with van der Waals surface area (Å²) in [5, 5.41) is 12.5. The molecule has 0 rings (SSSR count). The van der Waals surface area contributed by atoms with Gasteiger partial charge in [0.1, 0.15) is 0 Å². The number of nitrogens with one attached hydrogen (secondary N) is 1. The van der Waals surface area contributed by atoms with Crippen molar-refractivity contribution in [3.8, 4) is 0 Å². The lowest BCUT2D eigenvalue weighted by Gasteiger charge is -2.06. The SMILES string of the molecule is CCCCCCCCCCCCCCNCCC(C)O.Cl. The van der Waals surface area contributed by atoms with E-state index < -0.39 is 0 Å². The standard InChI is InChI=1S/C18H39NO.ClH/c1-3-4-5-6-7-8-9-10-11-12-13-14-16-19-17-15-18(2)20;/h18-20H,3-17H2,1-2H3;1H. The molecule has 0 saturated heterocycles. The number of aliphatic hydroxyl groups excluding tert-OH is 1. The highest BCUT2D eigenvalue weighted by Gasteiger charge is 1.95. The van der Waals surface area contributed by atoms with Crippen molar-refractivity contribution in [1.29, 1.82) is 0 Å². The van der Waals surface area contributed by atoms with Gasteiger partial charge < -0.3 is 10.4 Å². The molecule has 0 fully saturated rings. The van der Waals surface area contributed by atoms with Crippen LogP contribution in [0, 0.1) is 0 Å². The fourth-order valence-electron chi connectivity index (χ4n) is 2.53. The maximum Gasteiger partial charge on any atom is 0.0524 e. The van der Waals surface area contributed by atoms with Gasteiger partial charge in [-0.1, -0.05) is 77.6 Å². The molecule has 2 N–H and O–H groups in total. The molecular weight excluding hydrogens is 282 g/mol. The van der Waals surface area contributed by atoms with Crippen molar-refractivity contribution in [3.05, 3.63) is 0 Å². The van der Waals surface area contributed by atoms with E-state index in [1.807, 2.05) is 6.92 Å². The van der Waals surface area contributed by atoms with Crippen LogP contribution < -0.4 is 5.32 Å². The predicted molar refractivity (Wildman–Crippen MR) is 97.5 cm³/mol. The molecule has 130 valence electrons. The number of hydrogen-bond acceptors (Lipinski definition) is 2. The summed E-state index contributed by atoms with van der Waals surface area (Å²) >= 11 is 0. The van der Waals surface area contributed by atoms with Crippen LogP contribution in [-0.4, -0.2) is 24.3 Å². The van der Waals surface area contributed by atoms with E-state index in [-0.39, 0.29) is 18.5 Å². The van der Waals surface area contributed by atoms with Crippen LogP contribution in [0.1, 0.15) is 97.3 Å². The van der Waals surface area contributed by atoms with Crippen LogP contribution in [0.25, 0.3) is 0 Å². The van der Waals surface area contributed by atoms with Gasteiger partial charge in [-0.15, -0.1) is 12.4 Å². The zero-order valence-corrected chi connectivity index (χ0v) is 15.4. The first-order valence-corrected chi connectivity index (χ1v) is 9.16.